The molecule has 1 N–H and O–H groups in total. The van der Waals surface area contributed by atoms with Gasteiger partial charge in [0.05, 0.1) is 11.9 Å². The monoisotopic (exact) mass is 270 g/mol. The third-order valence-electron chi connectivity index (χ3n) is 2.59. The minimum absolute atomic E-state index is 0.345. The molecule has 0 aromatic heterocycles. The summed E-state index contributed by atoms with van der Waals surface area (Å²) in [7, 11) is -2.03. The number of nitrogens with one attached hydrogen (secondary N) is 1. The van der Waals surface area contributed by atoms with Gasteiger partial charge in [0, 0.05) is 7.05 Å². The molecule has 5 nitrogen and oxygen atoms in total. The Bertz CT molecular complexity index is 540. The highest BCUT2D eigenvalue weighted by molar-refractivity contribution is 7.92. The van der Waals surface area contributed by atoms with Crippen LogP contribution in [0.3, 0.4) is 0 Å². The van der Waals surface area contributed by atoms with Crippen molar-refractivity contribution in [1.29, 1.82) is 0 Å². The van der Waals surface area contributed by atoms with Crippen LogP contribution in [0.1, 0.15) is 12.5 Å². The highest BCUT2D eigenvalue weighted by Gasteiger charge is 2.28. The lowest BCUT2D eigenvalue weighted by Gasteiger charge is -2.28. The number of sulfonamides is 1. The van der Waals surface area contributed by atoms with Crippen molar-refractivity contribution >= 4 is 21.6 Å². The lowest BCUT2D eigenvalue weighted by Crippen LogP contribution is -2.47. The first-order valence-corrected chi connectivity index (χ1v) is 7.40. The first kappa shape index (κ1) is 14.5. The van der Waals surface area contributed by atoms with Crippen LogP contribution < -0.4 is 9.62 Å². The van der Waals surface area contributed by atoms with E-state index in [0.717, 1.165) is 16.1 Å². The van der Waals surface area contributed by atoms with E-state index in [-0.39, 0.29) is 5.91 Å². The van der Waals surface area contributed by atoms with Crippen molar-refractivity contribution in [2.24, 2.45) is 0 Å². The Labute approximate surface area is 108 Å². The molecular formula is C12H18N2O3S. The van der Waals surface area contributed by atoms with Gasteiger partial charge < -0.3 is 5.32 Å². The van der Waals surface area contributed by atoms with Gasteiger partial charge in [-0.1, -0.05) is 12.1 Å². The van der Waals surface area contributed by atoms with Gasteiger partial charge in [-0.05, 0) is 31.5 Å². The molecule has 0 spiro atoms. The van der Waals surface area contributed by atoms with Gasteiger partial charge in [-0.2, -0.15) is 0 Å². The van der Waals surface area contributed by atoms with E-state index in [4.69, 9.17) is 0 Å². The normalized spacial score (nSPS) is 12.9. The average molecular weight is 270 g/mol. The highest BCUT2D eigenvalue weighted by atomic mass is 32.2. The Hall–Kier alpha value is -1.56. The zero-order valence-electron chi connectivity index (χ0n) is 11.0. The summed E-state index contributed by atoms with van der Waals surface area (Å²) in [5.41, 5.74) is 1.43. The molecule has 0 bridgehead atoms. The van der Waals surface area contributed by atoms with Gasteiger partial charge in [0.2, 0.25) is 15.9 Å². The molecule has 0 aliphatic carbocycles. The Morgan fingerprint density at radius 2 is 2.00 bits per heavy atom. The summed E-state index contributed by atoms with van der Waals surface area (Å²) in [5.74, 6) is -0.345. The maximum absolute atomic E-state index is 11.9. The quantitative estimate of drug-likeness (QED) is 0.884. The maximum atomic E-state index is 11.9. The number of rotatable bonds is 4. The van der Waals surface area contributed by atoms with Crippen LogP contribution >= 0.6 is 0 Å². The number of nitrogens with zero attached hydrogens (tertiary/aromatic N) is 1. The topological polar surface area (TPSA) is 66.5 Å². The van der Waals surface area contributed by atoms with Crippen LogP contribution in [0, 0.1) is 6.92 Å². The fourth-order valence-electron chi connectivity index (χ4n) is 1.78. The van der Waals surface area contributed by atoms with Gasteiger partial charge >= 0.3 is 0 Å². The molecule has 18 heavy (non-hydrogen) atoms. The summed E-state index contributed by atoms with van der Waals surface area (Å²) in [5, 5.41) is 2.46. The van der Waals surface area contributed by atoms with Crippen LogP contribution in [0.2, 0.25) is 0 Å². The molecule has 0 radical (unpaired) electrons. The van der Waals surface area contributed by atoms with E-state index in [2.05, 4.69) is 5.32 Å². The van der Waals surface area contributed by atoms with Gasteiger partial charge in [0.25, 0.3) is 0 Å². The third-order valence-corrected chi connectivity index (χ3v) is 3.83. The standard InChI is InChI=1S/C12H18N2O3S/c1-9-6-5-7-11(8-9)14(18(4,16)17)10(2)12(15)13-3/h5-8,10H,1-4H3,(H,13,15)/t10-/m1/s1. The van der Waals surface area contributed by atoms with Gasteiger partial charge in [0.1, 0.15) is 6.04 Å². The van der Waals surface area contributed by atoms with Crippen LogP contribution in [0.4, 0.5) is 5.69 Å². The number of carbonyl (C=O) groups is 1. The Morgan fingerprint density at radius 3 is 2.44 bits per heavy atom. The predicted octanol–water partition coefficient (Wildman–Crippen LogP) is 0.896. The molecule has 0 saturated heterocycles. The van der Waals surface area contributed by atoms with E-state index in [9.17, 15) is 13.2 Å². The van der Waals surface area contributed by atoms with Crippen LogP contribution in [-0.2, 0) is 14.8 Å². The lowest BCUT2D eigenvalue weighted by atomic mass is 10.2. The second kappa shape index (κ2) is 5.39. The average Bonchev–Trinajstić information content (AvgIpc) is 2.26. The Balaban J connectivity index is 3.27. The van der Waals surface area contributed by atoms with Crippen LogP contribution in [0.25, 0.3) is 0 Å². The number of aryl methyl sites for hydroxylation is 1. The van der Waals surface area contributed by atoms with Crippen molar-refractivity contribution in [3.8, 4) is 0 Å². The van der Waals surface area contributed by atoms with Crippen LogP contribution in [-0.4, -0.2) is 33.7 Å². The number of hydrogen-bond acceptors (Lipinski definition) is 3. The van der Waals surface area contributed by atoms with Gasteiger partial charge in [0.15, 0.2) is 0 Å². The van der Waals surface area contributed by atoms with Gasteiger partial charge in [-0.25, -0.2) is 8.42 Å². The molecule has 6 heteroatoms. The summed E-state index contributed by atoms with van der Waals surface area (Å²) in [4.78, 5) is 11.6. The molecule has 1 aromatic rings. The van der Waals surface area contributed by atoms with E-state index < -0.39 is 16.1 Å². The van der Waals surface area contributed by atoms with Crippen molar-refractivity contribution < 1.29 is 13.2 Å². The maximum Gasteiger partial charge on any atom is 0.243 e. The highest BCUT2D eigenvalue weighted by Crippen LogP contribution is 2.21. The van der Waals surface area contributed by atoms with E-state index in [1.807, 2.05) is 13.0 Å². The number of anilines is 1. The largest absolute Gasteiger partial charge is 0.357 e. The first-order valence-electron chi connectivity index (χ1n) is 5.55. The van der Waals surface area contributed by atoms with Gasteiger partial charge in [-0.15, -0.1) is 0 Å². The Kier molecular flexibility index (Phi) is 4.34. The summed E-state index contributed by atoms with van der Waals surface area (Å²) >= 11 is 0. The van der Waals surface area contributed by atoms with Crippen molar-refractivity contribution in [3.63, 3.8) is 0 Å². The van der Waals surface area contributed by atoms with E-state index in [1.54, 1.807) is 25.1 Å². The third kappa shape index (κ3) is 3.22. The van der Waals surface area contributed by atoms with Crippen molar-refractivity contribution in [2.45, 2.75) is 19.9 Å². The molecule has 1 atom stereocenters. The SMILES string of the molecule is CNC(=O)[C@@H](C)N(c1cccc(C)c1)S(C)(=O)=O. The fraction of sp³-hybridized carbons (Fsp3) is 0.417. The molecule has 0 unspecified atom stereocenters. The predicted molar refractivity (Wildman–Crippen MR) is 72.0 cm³/mol. The molecule has 100 valence electrons. The molecule has 0 heterocycles. The summed E-state index contributed by atoms with van der Waals surface area (Å²) in [6, 6.07) is 6.26. The smallest absolute Gasteiger partial charge is 0.243 e. The first-order chi connectivity index (χ1) is 8.27. The molecule has 0 fully saturated rings. The number of likely N-dealkylation sites (N-methyl/N-ethyl adjacent to an activating group) is 1. The zero-order chi connectivity index (χ0) is 13.9. The number of carbonyl (C=O) groups excluding carboxylic acids is 1. The molecule has 1 rings (SSSR count). The molecule has 0 aliphatic heterocycles. The minimum atomic E-state index is -3.52. The molecule has 1 amide bonds. The molecule has 0 saturated carbocycles. The molecule has 1 aromatic carbocycles. The number of hydrogen-bond donors (Lipinski definition) is 1. The number of benzene rings is 1. The van der Waals surface area contributed by atoms with Crippen molar-refractivity contribution in [1.82, 2.24) is 5.32 Å². The molecular weight excluding hydrogens is 252 g/mol. The van der Waals surface area contributed by atoms with Gasteiger partial charge in [-0.3, -0.25) is 9.10 Å². The summed E-state index contributed by atoms with van der Waals surface area (Å²) < 4.78 is 24.8. The zero-order valence-corrected chi connectivity index (χ0v) is 11.8. The van der Waals surface area contributed by atoms with E-state index in [1.165, 1.54) is 7.05 Å². The summed E-state index contributed by atoms with van der Waals surface area (Å²) in [6.07, 6.45) is 1.09. The lowest BCUT2D eigenvalue weighted by molar-refractivity contribution is -0.121. The van der Waals surface area contributed by atoms with E-state index >= 15 is 0 Å². The van der Waals surface area contributed by atoms with Crippen LogP contribution in [0.15, 0.2) is 24.3 Å². The van der Waals surface area contributed by atoms with Crippen molar-refractivity contribution in [2.75, 3.05) is 17.6 Å². The Morgan fingerprint density at radius 1 is 1.39 bits per heavy atom. The van der Waals surface area contributed by atoms with Crippen molar-refractivity contribution in [3.05, 3.63) is 29.8 Å². The molecule has 0 aliphatic rings. The van der Waals surface area contributed by atoms with Crippen LogP contribution in [0.5, 0.6) is 0 Å². The minimum Gasteiger partial charge on any atom is -0.357 e. The van der Waals surface area contributed by atoms with E-state index in [0.29, 0.717) is 5.69 Å². The number of amides is 1. The fourth-order valence-corrected chi connectivity index (χ4v) is 2.95. The second-order valence-electron chi connectivity index (χ2n) is 4.19. The second-order valence-corrected chi connectivity index (χ2v) is 6.05. The summed E-state index contributed by atoms with van der Waals surface area (Å²) in [6.45, 7) is 3.43.